The highest BCUT2D eigenvalue weighted by Crippen LogP contribution is 2.29. The van der Waals surface area contributed by atoms with Crippen LogP contribution >= 0.6 is 0 Å². The number of amides is 2. The van der Waals surface area contributed by atoms with E-state index < -0.39 is 0 Å². The topological polar surface area (TPSA) is 59.4 Å². The monoisotopic (exact) mass is 292 g/mol. The second kappa shape index (κ2) is 6.47. The highest BCUT2D eigenvalue weighted by molar-refractivity contribution is 5.75. The molecule has 21 heavy (non-hydrogen) atoms. The van der Waals surface area contributed by atoms with Crippen molar-refractivity contribution >= 4 is 6.03 Å². The van der Waals surface area contributed by atoms with Gasteiger partial charge < -0.3 is 15.0 Å². The number of aromatic nitrogens is 2. The maximum absolute atomic E-state index is 12.5. The third kappa shape index (κ3) is 3.97. The molecule has 3 rings (SSSR count). The molecule has 1 N–H and O–H groups in total. The molecule has 0 spiro atoms. The van der Waals surface area contributed by atoms with Crippen molar-refractivity contribution in [2.45, 2.75) is 44.8 Å². The average Bonchev–Trinajstić information content (AvgIpc) is 2.94. The van der Waals surface area contributed by atoms with E-state index in [0.717, 1.165) is 39.0 Å². The van der Waals surface area contributed by atoms with Crippen LogP contribution in [0, 0.1) is 5.92 Å². The van der Waals surface area contributed by atoms with Crippen LogP contribution in [0.5, 0.6) is 0 Å². The Balaban J connectivity index is 1.51. The maximum atomic E-state index is 12.5. The van der Waals surface area contributed by atoms with Crippen LogP contribution < -0.4 is 5.32 Å². The molecule has 1 aliphatic carbocycles. The fraction of sp³-hybridized carbons (Fsp3) is 0.733. The van der Waals surface area contributed by atoms with Crippen LogP contribution in [0.25, 0.3) is 0 Å². The zero-order valence-corrected chi connectivity index (χ0v) is 12.6. The summed E-state index contributed by atoms with van der Waals surface area (Å²) in [6, 6.07) is 2.45. The summed E-state index contributed by atoms with van der Waals surface area (Å²) < 4.78 is 7.26. The lowest BCUT2D eigenvalue weighted by atomic mass is 10.1. The predicted octanol–water partition coefficient (Wildman–Crippen LogP) is 1.48. The third-order valence-corrected chi connectivity index (χ3v) is 4.12. The van der Waals surface area contributed by atoms with Gasteiger partial charge >= 0.3 is 6.03 Å². The maximum Gasteiger partial charge on any atom is 0.317 e. The van der Waals surface area contributed by atoms with Gasteiger partial charge in [0.1, 0.15) is 0 Å². The molecule has 0 aromatic carbocycles. The summed E-state index contributed by atoms with van der Waals surface area (Å²) in [7, 11) is 0. The number of hydrogen-bond acceptors (Lipinski definition) is 3. The second-order valence-electron chi connectivity index (χ2n) is 6.19. The van der Waals surface area contributed by atoms with Crippen LogP contribution in [0.1, 0.15) is 26.2 Å². The van der Waals surface area contributed by atoms with Gasteiger partial charge in [0.2, 0.25) is 0 Å². The normalized spacial score (nSPS) is 23.0. The lowest BCUT2D eigenvalue weighted by Crippen LogP contribution is -2.48. The van der Waals surface area contributed by atoms with Crippen LogP contribution in [0.4, 0.5) is 4.79 Å². The van der Waals surface area contributed by atoms with E-state index in [1.54, 1.807) is 6.20 Å². The Bertz CT molecular complexity index is 452. The first-order valence-corrected chi connectivity index (χ1v) is 7.84. The molecule has 0 bridgehead atoms. The van der Waals surface area contributed by atoms with E-state index in [9.17, 15) is 4.79 Å². The highest BCUT2D eigenvalue weighted by atomic mass is 16.5. The van der Waals surface area contributed by atoms with Crippen LogP contribution in [0.2, 0.25) is 0 Å². The molecule has 1 aromatic rings. The first kappa shape index (κ1) is 14.4. The van der Waals surface area contributed by atoms with Gasteiger partial charge in [0.25, 0.3) is 0 Å². The fourth-order valence-corrected chi connectivity index (χ4v) is 2.82. The average molecular weight is 292 g/mol. The molecule has 6 nitrogen and oxygen atoms in total. The number of carbonyl (C=O) groups excluding carboxylic acids is 1. The van der Waals surface area contributed by atoms with Gasteiger partial charge in [0, 0.05) is 43.5 Å². The first-order valence-electron chi connectivity index (χ1n) is 7.84. The molecular weight excluding hydrogens is 268 g/mol. The number of nitrogens with one attached hydrogen (secondary N) is 1. The number of carbonyl (C=O) groups is 1. The molecule has 1 aliphatic heterocycles. The van der Waals surface area contributed by atoms with Crippen molar-refractivity contribution in [3.8, 4) is 0 Å². The minimum Gasteiger partial charge on any atom is -0.381 e. The zero-order chi connectivity index (χ0) is 14.7. The Kier molecular flexibility index (Phi) is 4.43. The molecule has 0 radical (unpaired) electrons. The van der Waals surface area contributed by atoms with E-state index in [4.69, 9.17) is 4.74 Å². The summed E-state index contributed by atoms with van der Waals surface area (Å²) in [6.45, 7) is 5.16. The van der Waals surface area contributed by atoms with Crippen molar-refractivity contribution in [3.05, 3.63) is 18.5 Å². The molecule has 116 valence electrons. The molecule has 1 saturated heterocycles. The van der Waals surface area contributed by atoms with Gasteiger partial charge in [0.05, 0.1) is 13.2 Å². The lowest BCUT2D eigenvalue weighted by molar-refractivity contribution is 0.160. The van der Waals surface area contributed by atoms with Crippen molar-refractivity contribution in [2.24, 2.45) is 5.92 Å². The van der Waals surface area contributed by atoms with E-state index in [1.807, 2.05) is 28.8 Å². The Morgan fingerprint density at radius 1 is 1.52 bits per heavy atom. The van der Waals surface area contributed by atoms with Gasteiger partial charge in [-0.2, -0.15) is 5.10 Å². The molecule has 2 atom stereocenters. The van der Waals surface area contributed by atoms with Crippen LogP contribution in [0.3, 0.4) is 0 Å². The Morgan fingerprint density at radius 2 is 2.38 bits per heavy atom. The summed E-state index contributed by atoms with van der Waals surface area (Å²) in [6.07, 6.45) is 7.00. The molecule has 1 aromatic heterocycles. The quantitative estimate of drug-likeness (QED) is 0.864. The fourth-order valence-electron chi connectivity index (χ4n) is 2.82. The van der Waals surface area contributed by atoms with Gasteiger partial charge in [-0.3, -0.25) is 4.68 Å². The van der Waals surface area contributed by atoms with E-state index in [2.05, 4.69) is 10.4 Å². The molecule has 2 fully saturated rings. The van der Waals surface area contributed by atoms with Crippen molar-refractivity contribution in [1.82, 2.24) is 20.0 Å². The summed E-state index contributed by atoms with van der Waals surface area (Å²) in [5, 5.41) is 7.27. The minimum absolute atomic E-state index is 0.0593. The number of hydrogen-bond donors (Lipinski definition) is 1. The Labute approximate surface area is 125 Å². The van der Waals surface area contributed by atoms with E-state index in [0.29, 0.717) is 18.5 Å². The van der Waals surface area contributed by atoms with Crippen molar-refractivity contribution < 1.29 is 9.53 Å². The summed E-state index contributed by atoms with van der Waals surface area (Å²) in [5.41, 5.74) is 0. The summed E-state index contributed by atoms with van der Waals surface area (Å²) >= 11 is 0. The largest absolute Gasteiger partial charge is 0.381 e. The lowest BCUT2D eigenvalue weighted by Gasteiger charge is -2.27. The number of nitrogens with zero attached hydrogens (tertiary/aromatic N) is 3. The predicted molar refractivity (Wildman–Crippen MR) is 78.9 cm³/mol. The van der Waals surface area contributed by atoms with Gasteiger partial charge in [0.15, 0.2) is 0 Å². The molecule has 2 heterocycles. The molecular formula is C15H24N4O2. The van der Waals surface area contributed by atoms with Crippen LogP contribution in [0.15, 0.2) is 18.5 Å². The first-order chi connectivity index (χ1) is 10.2. The van der Waals surface area contributed by atoms with E-state index in [-0.39, 0.29) is 12.1 Å². The SMILES string of the molecule is C[C@H](Cn1cccn1)NC(=O)N(C[C@H]1CCOC1)C1CC1. The van der Waals surface area contributed by atoms with Crippen molar-refractivity contribution in [3.63, 3.8) is 0 Å². The smallest absolute Gasteiger partial charge is 0.317 e. The molecule has 0 unspecified atom stereocenters. The number of rotatable bonds is 6. The van der Waals surface area contributed by atoms with Gasteiger partial charge in [-0.15, -0.1) is 0 Å². The standard InChI is InChI=1S/C15H24N4O2/c1-12(9-18-7-2-6-16-18)17-15(20)19(14-3-4-14)10-13-5-8-21-11-13/h2,6-7,12-14H,3-5,8-11H2,1H3,(H,17,20)/t12-,13-/m1/s1. The van der Waals surface area contributed by atoms with Crippen LogP contribution in [-0.4, -0.2) is 52.6 Å². The summed E-state index contributed by atoms with van der Waals surface area (Å²) in [4.78, 5) is 14.5. The van der Waals surface area contributed by atoms with Gasteiger partial charge in [-0.05, 0) is 32.3 Å². The number of urea groups is 1. The van der Waals surface area contributed by atoms with Gasteiger partial charge in [-0.25, -0.2) is 4.79 Å². The molecule has 2 aliphatic rings. The van der Waals surface area contributed by atoms with Crippen molar-refractivity contribution in [1.29, 1.82) is 0 Å². The van der Waals surface area contributed by atoms with Crippen molar-refractivity contribution in [2.75, 3.05) is 19.8 Å². The Morgan fingerprint density at radius 3 is 3.00 bits per heavy atom. The van der Waals surface area contributed by atoms with Gasteiger partial charge in [-0.1, -0.05) is 0 Å². The highest BCUT2D eigenvalue weighted by Gasteiger charge is 2.35. The molecule has 2 amide bonds. The third-order valence-electron chi connectivity index (χ3n) is 4.12. The molecule has 6 heteroatoms. The molecule has 1 saturated carbocycles. The minimum atomic E-state index is 0.0593. The van der Waals surface area contributed by atoms with Crippen LogP contribution in [-0.2, 0) is 11.3 Å². The zero-order valence-electron chi connectivity index (χ0n) is 12.6. The Hall–Kier alpha value is -1.56. The van der Waals surface area contributed by atoms with E-state index in [1.165, 1.54) is 0 Å². The second-order valence-corrected chi connectivity index (χ2v) is 6.19. The van der Waals surface area contributed by atoms with E-state index >= 15 is 0 Å². The number of ether oxygens (including phenoxy) is 1. The summed E-state index contributed by atoms with van der Waals surface area (Å²) in [5.74, 6) is 0.498.